The van der Waals surface area contributed by atoms with Crippen LogP contribution >= 0.6 is 7.82 Å². The van der Waals surface area contributed by atoms with E-state index in [9.17, 15) is 14.3 Å². The molecule has 0 N–H and O–H groups in total. The first kappa shape index (κ1) is 55.5. The summed E-state index contributed by atoms with van der Waals surface area (Å²) in [4.78, 5) is 25.1. The first-order valence-electron chi connectivity index (χ1n) is 23.4. The van der Waals surface area contributed by atoms with Crippen LogP contribution in [0.15, 0.2) is 48.6 Å². The van der Waals surface area contributed by atoms with E-state index in [1.165, 1.54) is 128 Å². The van der Waals surface area contributed by atoms with Gasteiger partial charge in [-0.05, 0) is 51.4 Å². The molecular weight excluding hydrogens is 734 g/mol. The lowest BCUT2D eigenvalue weighted by Crippen LogP contribution is -2.37. The maximum atomic E-state index is 12.7. The quantitative estimate of drug-likeness (QED) is 0.0199. The van der Waals surface area contributed by atoms with Crippen molar-refractivity contribution in [1.29, 1.82) is 0 Å². The van der Waals surface area contributed by atoms with Crippen molar-refractivity contribution in [3.63, 3.8) is 0 Å². The number of rotatable bonds is 43. The highest BCUT2D eigenvalue weighted by atomic mass is 31.2. The number of phosphoric ester groups is 1. The first-order chi connectivity index (χ1) is 27.6. The van der Waals surface area contributed by atoms with Gasteiger partial charge in [-0.1, -0.05) is 184 Å². The number of quaternary nitrogens is 1. The van der Waals surface area contributed by atoms with Gasteiger partial charge in [0, 0.05) is 13.0 Å². The van der Waals surface area contributed by atoms with Crippen LogP contribution in [0.25, 0.3) is 0 Å². The Bertz CT molecular complexity index is 1050. The smallest absolute Gasteiger partial charge is 0.306 e. The normalized spacial score (nSPS) is 14.1. The molecule has 0 bridgehead atoms. The summed E-state index contributed by atoms with van der Waals surface area (Å²) in [6, 6.07) is 0. The molecule has 0 fully saturated rings. The Kier molecular flexibility index (Phi) is 40.1. The number of nitrogens with zero attached hydrogens (tertiary/aromatic N) is 1. The molecule has 0 rings (SSSR count). The van der Waals surface area contributed by atoms with E-state index in [-0.39, 0.29) is 32.2 Å². The lowest BCUT2D eigenvalue weighted by atomic mass is 10.0. The van der Waals surface area contributed by atoms with E-state index in [1.807, 2.05) is 21.1 Å². The molecule has 0 aliphatic carbocycles. The Labute approximate surface area is 352 Å². The number of carbonyl (C=O) groups excluding carboxylic acids is 1. The average molecular weight is 824 g/mol. The molecule has 0 aromatic heterocycles. The number of phosphoric acid groups is 1. The molecule has 0 radical (unpaired) electrons. The molecule has 0 spiro atoms. The van der Waals surface area contributed by atoms with Crippen molar-refractivity contribution in [1.82, 2.24) is 0 Å². The van der Waals surface area contributed by atoms with Crippen LogP contribution in [0.3, 0.4) is 0 Å². The molecule has 0 aliphatic heterocycles. The molecule has 334 valence electrons. The van der Waals surface area contributed by atoms with Crippen molar-refractivity contribution in [2.75, 3.05) is 54.1 Å². The number of allylic oxidation sites excluding steroid dienone is 8. The summed E-state index contributed by atoms with van der Waals surface area (Å²) in [5.74, 6) is -0.386. The molecular formula is C48H90NO7P. The highest BCUT2D eigenvalue weighted by Crippen LogP contribution is 2.38. The fourth-order valence-electron chi connectivity index (χ4n) is 6.24. The minimum atomic E-state index is -4.54. The molecule has 8 nitrogen and oxygen atoms in total. The van der Waals surface area contributed by atoms with Gasteiger partial charge in [-0.2, -0.15) is 0 Å². The van der Waals surface area contributed by atoms with Gasteiger partial charge >= 0.3 is 5.97 Å². The summed E-state index contributed by atoms with van der Waals surface area (Å²) in [7, 11) is 1.32. The van der Waals surface area contributed by atoms with E-state index in [0.717, 1.165) is 38.5 Å². The van der Waals surface area contributed by atoms with Gasteiger partial charge in [-0.25, -0.2) is 0 Å². The van der Waals surface area contributed by atoms with Crippen molar-refractivity contribution in [2.45, 2.75) is 200 Å². The number of ether oxygens (including phenoxy) is 2. The molecule has 0 aromatic carbocycles. The molecule has 0 saturated carbocycles. The highest BCUT2D eigenvalue weighted by molar-refractivity contribution is 7.45. The Morgan fingerprint density at radius 3 is 1.44 bits per heavy atom. The standard InChI is InChI=1S/C48H90NO7P/c1-6-8-10-12-14-16-18-20-22-24-26-28-30-32-34-36-38-40-43-53-45-47(46-55-57(51,52)54-44-42-49(3,4)5)56-48(50)41-39-37-35-33-31-29-27-25-23-21-19-17-15-13-11-9-7-2/h15,17,21,23,27,29,33,35,47H,6-14,16,18-20,22,24-26,28,30-32,34,36-46H2,1-5H3/b17-15-,23-21-,29-27-,35-33-/t47-/m1/s1. The maximum Gasteiger partial charge on any atom is 0.306 e. The fraction of sp³-hybridized carbons (Fsp3) is 0.812. The monoisotopic (exact) mass is 824 g/mol. The minimum absolute atomic E-state index is 0.0159. The third-order valence-corrected chi connectivity index (χ3v) is 10.8. The van der Waals surface area contributed by atoms with Crippen LogP contribution in [0.2, 0.25) is 0 Å². The van der Waals surface area contributed by atoms with Crippen molar-refractivity contribution in [2.24, 2.45) is 0 Å². The zero-order chi connectivity index (χ0) is 42.0. The predicted octanol–water partition coefficient (Wildman–Crippen LogP) is 13.3. The third-order valence-electron chi connectivity index (χ3n) is 9.88. The van der Waals surface area contributed by atoms with Crippen LogP contribution in [-0.4, -0.2) is 70.7 Å². The molecule has 9 heteroatoms. The number of hydrogen-bond donors (Lipinski definition) is 0. The summed E-state index contributed by atoms with van der Waals surface area (Å²) in [5.41, 5.74) is 0. The molecule has 2 atom stereocenters. The zero-order valence-electron chi connectivity index (χ0n) is 37.8. The van der Waals surface area contributed by atoms with Crippen molar-refractivity contribution >= 4 is 13.8 Å². The van der Waals surface area contributed by atoms with Gasteiger partial charge in [0.2, 0.25) is 0 Å². The molecule has 57 heavy (non-hydrogen) atoms. The van der Waals surface area contributed by atoms with E-state index < -0.39 is 13.9 Å². The predicted molar refractivity (Wildman–Crippen MR) is 240 cm³/mol. The maximum absolute atomic E-state index is 12.7. The lowest BCUT2D eigenvalue weighted by molar-refractivity contribution is -0.870. The Morgan fingerprint density at radius 2 is 0.965 bits per heavy atom. The van der Waals surface area contributed by atoms with Gasteiger partial charge in [-0.3, -0.25) is 9.36 Å². The fourth-order valence-corrected chi connectivity index (χ4v) is 6.97. The van der Waals surface area contributed by atoms with Crippen LogP contribution < -0.4 is 4.89 Å². The molecule has 0 heterocycles. The zero-order valence-corrected chi connectivity index (χ0v) is 38.7. The summed E-state index contributed by atoms with van der Waals surface area (Å²) < 4.78 is 34.6. The van der Waals surface area contributed by atoms with Gasteiger partial charge in [0.05, 0.1) is 34.4 Å². The Hall–Kier alpha value is -1.54. The molecule has 0 amide bonds. The second-order valence-electron chi connectivity index (χ2n) is 16.8. The topological polar surface area (TPSA) is 94.1 Å². The minimum Gasteiger partial charge on any atom is -0.756 e. The van der Waals surface area contributed by atoms with E-state index in [1.54, 1.807) is 0 Å². The molecule has 0 aromatic rings. The lowest BCUT2D eigenvalue weighted by Gasteiger charge is -2.28. The van der Waals surface area contributed by atoms with Crippen LogP contribution in [0, 0.1) is 0 Å². The highest BCUT2D eigenvalue weighted by Gasteiger charge is 2.20. The second-order valence-corrected chi connectivity index (χ2v) is 18.2. The van der Waals surface area contributed by atoms with Crippen LogP contribution in [0.1, 0.15) is 194 Å². The van der Waals surface area contributed by atoms with Crippen molar-refractivity contribution in [3.8, 4) is 0 Å². The Balaban J connectivity index is 4.28. The summed E-state index contributed by atoms with van der Waals surface area (Å²) in [5, 5.41) is 0. The van der Waals surface area contributed by atoms with Gasteiger partial charge in [0.1, 0.15) is 19.3 Å². The van der Waals surface area contributed by atoms with E-state index in [2.05, 4.69) is 62.5 Å². The van der Waals surface area contributed by atoms with Crippen molar-refractivity contribution in [3.05, 3.63) is 48.6 Å². The number of esters is 1. The molecule has 0 saturated heterocycles. The molecule has 1 unspecified atom stereocenters. The van der Waals surface area contributed by atoms with Crippen LogP contribution in [0.5, 0.6) is 0 Å². The third kappa shape index (κ3) is 45.4. The van der Waals surface area contributed by atoms with Gasteiger partial charge in [0.15, 0.2) is 0 Å². The average Bonchev–Trinajstić information content (AvgIpc) is 3.16. The summed E-state index contributed by atoms with van der Waals surface area (Å²) in [6.07, 6.45) is 49.9. The first-order valence-corrected chi connectivity index (χ1v) is 24.8. The van der Waals surface area contributed by atoms with Crippen LogP contribution in [-0.2, 0) is 27.9 Å². The van der Waals surface area contributed by atoms with Gasteiger partial charge < -0.3 is 27.9 Å². The van der Waals surface area contributed by atoms with E-state index >= 15 is 0 Å². The SMILES string of the molecule is CCCCC/C=C\C/C=C\C/C=C\C/C=C\CCCC(=O)O[C@H](COCCCCCCCCCCCCCCCCCCCC)COP(=O)([O-])OCC[N+](C)(C)C. The van der Waals surface area contributed by atoms with E-state index in [4.69, 9.17) is 18.5 Å². The van der Waals surface area contributed by atoms with Gasteiger partial charge in [-0.15, -0.1) is 0 Å². The molecule has 0 aliphatic rings. The second kappa shape index (κ2) is 41.2. The number of unbranched alkanes of at least 4 members (excludes halogenated alkanes) is 21. The summed E-state index contributed by atoms with van der Waals surface area (Å²) >= 11 is 0. The van der Waals surface area contributed by atoms with Gasteiger partial charge in [0.25, 0.3) is 7.82 Å². The number of likely N-dealkylation sites (N-methyl/N-ethyl adjacent to an activating group) is 1. The number of carbonyl (C=O) groups is 1. The Morgan fingerprint density at radius 1 is 0.544 bits per heavy atom. The summed E-state index contributed by atoms with van der Waals surface area (Å²) in [6.45, 7) is 5.33. The van der Waals surface area contributed by atoms with E-state index in [0.29, 0.717) is 24.1 Å². The number of hydrogen-bond acceptors (Lipinski definition) is 7. The largest absolute Gasteiger partial charge is 0.756 e. The van der Waals surface area contributed by atoms with Crippen molar-refractivity contribution < 1.29 is 37.3 Å². The van der Waals surface area contributed by atoms with Crippen LogP contribution in [0.4, 0.5) is 0 Å².